The quantitative estimate of drug-likeness (QED) is 0.851. The van der Waals surface area contributed by atoms with Gasteiger partial charge >= 0.3 is 5.97 Å². The summed E-state index contributed by atoms with van der Waals surface area (Å²) in [4.78, 5) is 24.5. The van der Waals surface area contributed by atoms with E-state index < -0.39 is 11.3 Å². The molecule has 1 aliphatic heterocycles. The standard InChI is InChI=1S/C22H21NO3S/c24-20(15-7-2-1-3-8-15)23-21-19(22(25)26)18(13-27-21)17-11-10-14-6-4-5-9-16(14)12-17/h1-9,17,21H,10-13H2,(H,23,24)(H,25,26)/t17-,21?/m1/s1. The molecule has 27 heavy (non-hydrogen) atoms. The number of carbonyl (C=O) groups is 2. The maximum atomic E-state index is 12.5. The van der Waals surface area contributed by atoms with E-state index in [1.54, 1.807) is 24.3 Å². The number of aryl methyl sites for hydroxylation is 1. The van der Waals surface area contributed by atoms with Crippen LogP contribution in [0.1, 0.15) is 27.9 Å². The summed E-state index contributed by atoms with van der Waals surface area (Å²) in [5.74, 6) is -0.264. The average Bonchev–Trinajstić information content (AvgIpc) is 3.12. The van der Waals surface area contributed by atoms with Gasteiger partial charge in [-0.05, 0) is 54.0 Å². The fourth-order valence-electron chi connectivity index (χ4n) is 3.99. The number of amides is 1. The Bertz CT molecular complexity index is 907. The fourth-order valence-corrected chi connectivity index (χ4v) is 5.34. The smallest absolute Gasteiger partial charge is 0.334 e. The van der Waals surface area contributed by atoms with Crippen LogP contribution in [0.25, 0.3) is 0 Å². The molecule has 2 aromatic rings. The van der Waals surface area contributed by atoms with Crippen LogP contribution in [0.4, 0.5) is 0 Å². The third kappa shape index (κ3) is 3.65. The summed E-state index contributed by atoms with van der Waals surface area (Å²) in [5, 5.41) is 12.2. The Kier molecular flexibility index (Phi) is 5.03. The maximum Gasteiger partial charge on any atom is 0.334 e. The number of hydrogen-bond donors (Lipinski definition) is 2. The summed E-state index contributed by atoms with van der Waals surface area (Å²) >= 11 is 1.50. The van der Waals surface area contributed by atoms with Gasteiger partial charge in [0.1, 0.15) is 5.37 Å². The van der Waals surface area contributed by atoms with Gasteiger partial charge in [0, 0.05) is 11.3 Å². The van der Waals surface area contributed by atoms with Crippen LogP contribution in [-0.2, 0) is 17.6 Å². The minimum atomic E-state index is -0.924. The van der Waals surface area contributed by atoms with Crippen LogP contribution < -0.4 is 5.32 Å². The maximum absolute atomic E-state index is 12.5. The van der Waals surface area contributed by atoms with Gasteiger partial charge in [0.05, 0.1) is 5.57 Å². The molecule has 1 unspecified atom stereocenters. The average molecular weight is 379 g/mol. The van der Waals surface area contributed by atoms with Crippen molar-refractivity contribution in [1.82, 2.24) is 5.32 Å². The van der Waals surface area contributed by atoms with E-state index in [-0.39, 0.29) is 11.8 Å². The summed E-state index contributed by atoms with van der Waals surface area (Å²) in [6.45, 7) is 0. The molecule has 0 fully saturated rings. The molecule has 1 aliphatic carbocycles. The SMILES string of the molecule is O=C(O)C1=C([C@@H]2CCc3ccccc3C2)CSC1NC(=O)c1ccccc1. The molecular weight excluding hydrogens is 358 g/mol. The number of carboxylic acids is 1. The van der Waals surface area contributed by atoms with Crippen LogP contribution >= 0.6 is 11.8 Å². The minimum absolute atomic E-state index is 0.233. The van der Waals surface area contributed by atoms with Crippen LogP contribution in [0, 0.1) is 5.92 Å². The highest BCUT2D eigenvalue weighted by molar-refractivity contribution is 8.00. The molecule has 2 atom stereocenters. The molecular formula is C22H21NO3S. The molecule has 0 spiro atoms. The van der Waals surface area contributed by atoms with Crippen molar-refractivity contribution in [3.05, 3.63) is 82.4 Å². The second-order valence-corrected chi connectivity index (χ2v) is 8.08. The highest BCUT2D eigenvalue weighted by atomic mass is 32.2. The molecule has 1 amide bonds. The summed E-state index contributed by atoms with van der Waals surface area (Å²) in [6, 6.07) is 17.3. The van der Waals surface area contributed by atoms with Crippen LogP contribution in [-0.4, -0.2) is 28.1 Å². The number of thioether (sulfide) groups is 1. The first-order valence-corrected chi connectivity index (χ1v) is 10.2. The van der Waals surface area contributed by atoms with E-state index >= 15 is 0 Å². The lowest BCUT2D eigenvalue weighted by molar-refractivity contribution is -0.132. The molecule has 0 saturated carbocycles. The number of nitrogens with one attached hydrogen (secondary N) is 1. The molecule has 4 rings (SSSR count). The highest BCUT2D eigenvalue weighted by Crippen LogP contribution is 2.40. The van der Waals surface area contributed by atoms with Gasteiger partial charge in [-0.1, -0.05) is 42.5 Å². The molecule has 0 bridgehead atoms. The molecule has 1 heterocycles. The summed E-state index contributed by atoms with van der Waals surface area (Å²) in [7, 11) is 0. The van der Waals surface area contributed by atoms with E-state index in [1.807, 2.05) is 12.1 Å². The second kappa shape index (κ2) is 7.61. The van der Waals surface area contributed by atoms with Gasteiger partial charge in [-0.25, -0.2) is 4.79 Å². The summed E-state index contributed by atoms with van der Waals surface area (Å²) in [5.41, 5.74) is 4.58. The first kappa shape index (κ1) is 17.9. The van der Waals surface area contributed by atoms with Crippen molar-refractivity contribution in [3.8, 4) is 0 Å². The van der Waals surface area contributed by atoms with Crippen LogP contribution in [0.3, 0.4) is 0 Å². The molecule has 0 radical (unpaired) electrons. The van der Waals surface area contributed by atoms with Gasteiger partial charge < -0.3 is 10.4 Å². The Morgan fingerprint density at radius 2 is 1.70 bits per heavy atom. The van der Waals surface area contributed by atoms with Crippen molar-refractivity contribution in [2.24, 2.45) is 5.92 Å². The number of carbonyl (C=O) groups excluding carboxylic acids is 1. The Balaban J connectivity index is 1.57. The topological polar surface area (TPSA) is 66.4 Å². The van der Waals surface area contributed by atoms with E-state index in [9.17, 15) is 14.7 Å². The number of hydrogen-bond acceptors (Lipinski definition) is 3. The van der Waals surface area contributed by atoms with E-state index in [0.29, 0.717) is 16.9 Å². The fraction of sp³-hybridized carbons (Fsp3) is 0.273. The number of benzene rings is 2. The van der Waals surface area contributed by atoms with Gasteiger partial charge in [0.15, 0.2) is 0 Å². The summed E-state index contributed by atoms with van der Waals surface area (Å²) < 4.78 is 0. The van der Waals surface area contributed by atoms with Crippen molar-refractivity contribution in [2.75, 3.05) is 5.75 Å². The van der Waals surface area contributed by atoms with E-state index in [2.05, 4.69) is 23.5 Å². The molecule has 5 heteroatoms. The third-order valence-electron chi connectivity index (χ3n) is 5.38. The lowest BCUT2D eigenvalue weighted by atomic mass is 9.79. The molecule has 2 aliphatic rings. The van der Waals surface area contributed by atoms with Crippen LogP contribution in [0.5, 0.6) is 0 Å². The van der Waals surface area contributed by atoms with Gasteiger partial charge in [0.25, 0.3) is 5.91 Å². The number of carboxylic acid groups (broad SMARTS) is 1. The zero-order chi connectivity index (χ0) is 18.8. The third-order valence-corrected chi connectivity index (χ3v) is 6.55. The van der Waals surface area contributed by atoms with Gasteiger partial charge in [-0.15, -0.1) is 11.8 Å². The van der Waals surface area contributed by atoms with Gasteiger partial charge in [-0.3, -0.25) is 4.79 Å². The van der Waals surface area contributed by atoms with Crippen molar-refractivity contribution in [1.29, 1.82) is 0 Å². The van der Waals surface area contributed by atoms with Crippen molar-refractivity contribution >= 4 is 23.6 Å². The lowest BCUT2D eigenvalue weighted by Crippen LogP contribution is -2.35. The van der Waals surface area contributed by atoms with E-state index in [4.69, 9.17) is 0 Å². The Hall–Kier alpha value is -2.53. The monoisotopic (exact) mass is 379 g/mol. The van der Waals surface area contributed by atoms with Crippen LogP contribution in [0.15, 0.2) is 65.7 Å². The molecule has 138 valence electrons. The normalized spacial score (nSPS) is 21.6. The van der Waals surface area contributed by atoms with Crippen molar-refractivity contribution < 1.29 is 14.7 Å². The van der Waals surface area contributed by atoms with Crippen molar-refractivity contribution in [3.63, 3.8) is 0 Å². The number of fused-ring (bicyclic) bond motifs is 1. The van der Waals surface area contributed by atoms with Gasteiger partial charge in [-0.2, -0.15) is 0 Å². The van der Waals surface area contributed by atoms with E-state index in [1.165, 1.54) is 22.9 Å². The van der Waals surface area contributed by atoms with Gasteiger partial charge in [0.2, 0.25) is 0 Å². The van der Waals surface area contributed by atoms with Crippen molar-refractivity contribution in [2.45, 2.75) is 24.6 Å². The zero-order valence-electron chi connectivity index (χ0n) is 14.9. The Morgan fingerprint density at radius 3 is 2.44 bits per heavy atom. The Morgan fingerprint density at radius 1 is 1.00 bits per heavy atom. The first-order chi connectivity index (χ1) is 13.1. The zero-order valence-corrected chi connectivity index (χ0v) is 15.7. The minimum Gasteiger partial charge on any atom is -0.478 e. The predicted molar refractivity (Wildman–Crippen MR) is 107 cm³/mol. The molecule has 2 aromatic carbocycles. The molecule has 0 saturated heterocycles. The number of rotatable bonds is 4. The number of aliphatic carboxylic acids is 1. The predicted octanol–water partition coefficient (Wildman–Crippen LogP) is 3.68. The second-order valence-electron chi connectivity index (χ2n) is 6.98. The largest absolute Gasteiger partial charge is 0.478 e. The highest BCUT2D eigenvalue weighted by Gasteiger charge is 2.36. The van der Waals surface area contributed by atoms with E-state index in [0.717, 1.165) is 24.8 Å². The Labute approximate surface area is 162 Å². The molecule has 4 nitrogen and oxygen atoms in total. The first-order valence-electron chi connectivity index (χ1n) is 9.14. The molecule has 0 aromatic heterocycles. The summed E-state index contributed by atoms with van der Waals surface area (Å²) in [6.07, 6.45) is 2.81. The molecule has 2 N–H and O–H groups in total. The lowest BCUT2D eigenvalue weighted by Gasteiger charge is -2.26. The van der Waals surface area contributed by atoms with Crippen LogP contribution in [0.2, 0.25) is 0 Å².